The van der Waals surface area contributed by atoms with E-state index in [2.05, 4.69) is 77.9 Å². The van der Waals surface area contributed by atoms with E-state index in [0.717, 1.165) is 12.0 Å². The molecule has 0 radical (unpaired) electrons. The summed E-state index contributed by atoms with van der Waals surface area (Å²) in [5, 5.41) is 10.4. The van der Waals surface area contributed by atoms with Crippen LogP contribution in [0.3, 0.4) is 0 Å². The molecule has 0 aliphatic rings. The molecule has 1 unspecified atom stereocenters. The van der Waals surface area contributed by atoms with Gasteiger partial charge < -0.3 is 5.11 Å². The molecule has 0 heterocycles. The Morgan fingerprint density at radius 2 is 1.52 bits per heavy atom. The Morgan fingerprint density at radius 3 is 2.09 bits per heavy atom. The second kappa shape index (κ2) is 6.39. The van der Waals surface area contributed by atoms with Gasteiger partial charge in [-0.3, -0.25) is 0 Å². The van der Waals surface area contributed by atoms with Crippen LogP contribution in [0.2, 0.25) is 0 Å². The number of rotatable bonds is 4. The predicted molar refractivity (Wildman–Crippen MR) is 99.2 cm³/mol. The first-order valence-corrected chi connectivity index (χ1v) is 8.48. The average molecular weight is 310 g/mol. The van der Waals surface area contributed by atoms with Crippen LogP contribution in [0.5, 0.6) is 5.75 Å². The molecule has 0 fully saturated rings. The van der Waals surface area contributed by atoms with Crippen LogP contribution in [0.25, 0.3) is 0 Å². The minimum absolute atomic E-state index is 0.0805. The van der Waals surface area contributed by atoms with Crippen molar-refractivity contribution in [1.29, 1.82) is 0 Å². The summed E-state index contributed by atoms with van der Waals surface area (Å²) in [4.78, 5) is 0. The third-order valence-electron chi connectivity index (χ3n) is 4.55. The number of benzene rings is 2. The van der Waals surface area contributed by atoms with Crippen LogP contribution in [-0.4, -0.2) is 5.11 Å². The molecule has 0 spiro atoms. The highest BCUT2D eigenvalue weighted by Crippen LogP contribution is 2.39. The largest absolute Gasteiger partial charge is 0.508 e. The van der Waals surface area contributed by atoms with Crippen LogP contribution >= 0.6 is 0 Å². The van der Waals surface area contributed by atoms with Gasteiger partial charge in [0.2, 0.25) is 0 Å². The monoisotopic (exact) mass is 310 g/mol. The maximum atomic E-state index is 10.4. The van der Waals surface area contributed by atoms with E-state index in [1.165, 1.54) is 11.1 Å². The summed E-state index contributed by atoms with van der Waals surface area (Å²) in [6.45, 7) is 13.6. The summed E-state index contributed by atoms with van der Waals surface area (Å²) in [6.07, 6.45) is 1.10. The lowest BCUT2D eigenvalue weighted by atomic mass is 9.71. The van der Waals surface area contributed by atoms with Crippen molar-refractivity contribution in [2.75, 3.05) is 0 Å². The maximum Gasteiger partial charge on any atom is 0.119 e. The molecule has 2 aromatic rings. The minimum atomic E-state index is 0.0805. The van der Waals surface area contributed by atoms with E-state index in [4.69, 9.17) is 0 Å². The normalized spacial score (nSPS) is 13.8. The van der Waals surface area contributed by atoms with Gasteiger partial charge in [0, 0.05) is 11.5 Å². The van der Waals surface area contributed by atoms with Crippen LogP contribution in [0.4, 0.5) is 0 Å². The molecule has 0 saturated heterocycles. The first kappa shape index (κ1) is 17.6. The summed E-state index contributed by atoms with van der Waals surface area (Å²) in [5.41, 5.74) is 3.89. The van der Waals surface area contributed by atoms with E-state index >= 15 is 0 Å². The molecule has 1 nitrogen and oxygen atoms in total. The molecule has 0 amide bonds. The summed E-state index contributed by atoms with van der Waals surface area (Å²) in [7, 11) is 0. The van der Waals surface area contributed by atoms with Crippen LogP contribution in [0.1, 0.15) is 70.6 Å². The van der Waals surface area contributed by atoms with Crippen molar-refractivity contribution in [2.45, 2.75) is 59.3 Å². The zero-order valence-corrected chi connectivity index (χ0v) is 15.4. The lowest BCUT2D eigenvalue weighted by molar-refractivity contribution is 0.284. The molecule has 23 heavy (non-hydrogen) atoms. The molecule has 0 aliphatic carbocycles. The number of hydrogen-bond donors (Lipinski definition) is 1. The average Bonchev–Trinajstić information content (AvgIpc) is 2.45. The fourth-order valence-electron chi connectivity index (χ4n) is 3.67. The molecular weight excluding hydrogens is 280 g/mol. The SMILES string of the molecule is CC(c1ccccc1)c1cc(C(C)(C)CC(C)(C)C)ccc1O. The van der Waals surface area contributed by atoms with Gasteiger partial charge in [0.1, 0.15) is 5.75 Å². The second-order valence-corrected chi connectivity index (χ2v) is 8.53. The van der Waals surface area contributed by atoms with E-state index in [1.807, 2.05) is 12.1 Å². The van der Waals surface area contributed by atoms with Crippen molar-refractivity contribution < 1.29 is 5.11 Å². The molecule has 1 atom stereocenters. The van der Waals surface area contributed by atoms with Crippen LogP contribution < -0.4 is 0 Å². The molecule has 2 rings (SSSR count). The number of aromatic hydroxyl groups is 1. The van der Waals surface area contributed by atoms with Crippen LogP contribution in [0, 0.1) is 5.41 Å². The van der Waals surface area contributed by atoms with Gasteiger partial charge in [-0.05, 0) is 34.4 Å². The Balaban J connectivity index is 2.40. The Bertz CT molecular complexity index is 647. The number of phenolic OH excluding ortho intramolecular Hbond substituents is 1. The molecular formula is C22H30O. The van der Waals surface area contributed by atoms with Gasteiger partial charge in [-0.25, -0.2) is 0 Å². The molecule has 2 aromatic carbocycles. The third-order valence-corrected chi connectivity index (χ3v) is 4.55. The highest BCUT2D eigenvalue weighted by molar-refractivity contribution is 5.44. The van der Waals surface area contributed by atoms with Gasteiger partial charge in [0.25, 0.3) is 0 Å². The van der Waals surface area contributed by atoms with E-state index in [9.17, 15) is 5.11 Å². The first-order chi connectivity index (χ1) is 10.6. The highest BCUT2D eigenvalue weighted by Gasteiger charge is 2.28. The molecule has 124 valence electrons. The van der Waals surface area contributed by atoms with Crippen molar-refractivity contribution in [2.24, 2.45) is 5.41 Å². The molecule has 0 aromatic heterocycles. The summed E-state index contributed by atoms with van der Waals surface area (Å²) >= 11 is 0. The zero-order chi connectivity index (χ0) is 17.3. The topological polar surface area (TPSA) is 20.2 Å². The van der Waals surface area contributed by atoms with Crippen molar-refractivity contribution in [1.82, 2.24) is 0 Å². The van der Waals surface area contributed by atoms with Crippen molar-refractivity contribution in [3.8, 4) is 5.75 Å². The van der Waals surface area contributed by atoms with Gasteiger partial charge >= 0.3 is 0 Å². The zero-order valence-electron chi connectivity index (χ0n) is 15.4. The second-order valence-electron chi connectivity index (χ2n) is 8.53. The third kappa shape index (κ3) is 4.37. The smallest absolute Gasteiger partial charge is 0.119 e. The van der Waals surface area contributed by atoms with Gasteiger partial charge in [0.15, 0.2) is 0 Å². The summed E-state index contributed by atoms with van der Waals surface area (Å²) in [6, 6.07) is 16.5. The fraction of sp³-hybridized carbons (Fsp3) is 0.455. The van der Waals surface area contributed by atoms with E-state index < -0.39 is 0 Å². The van der Waals surface area contributed by atoms with Gasteiger partial charge in [0.05, 0.1) is 0 Å². The predicted octanol–water partition coefficient (Wildman–Crippen LogP) is 6.26. The van der Waals surface area contributed by atoms with E-state index in [-0.39, 0.29) is 16.7 Å². The maximum absolute atomic E-state index is 10.4. The van der Waals surface area contributed by atoms with Crippen molar-refractivity contribution in [3.63, 3.8) is 0 Å². The Morgan fingerprint density at radius 1 is 0.913 bits per heavy atom. The standard InChI is InChI=1S/C22H30O/c1-16(17-10-8-7-9-11-17)19-14-18(12-13-20(19)23)22(5,6)15-21(2,3)4/h7-14,16,23H,15H2,1-6H3. The Labute approximate surface area is 141 Å². The minimum Gasteiger partial charge on any atom is -0.508 e. The molecule has 0 bridgehead atoms. The van der Waals surface area contributed by atoms with Crippen molar-refractivity contribution in [3.05, 3.63) is 65.2 Å². The van der Waals surface area contributed by atoms with Gasteiger partial charge in [-0.2, -0.15) is 0 Å². The Kier molecular flexibility index (Phi) is 4.89. The molecule has 1 heteroatoms. The van der Waals surface area contributed by atoms with Crippen LogP contribution in [-0.2, 0) is 5.41 Å². The fourth-order valence-corrected chi connectivity index (χ4v) is 3.67. The molecule has 0 saturated carbocycles. The summed E-state index contributed by atoms with van der Waals surface area (Å²) in [5.74, 6) is 0.568. The number of phenols is 1. The molecule has 1 N–H and O–H groups in total. The highest BCUT2D eigenvalue weighted by atomic mass is 16.3. The van der Waals surface area contributed by atoms with Crippen LogP contribution in [0.15, 0.2) is 48.5 Å². The lowest BCUT2D eigenvalue weighted by Gasteiger charge is -2.33. The van der Waals surface area contributed by atoms with Gasteiger partial charge in [-0.1, -0.05) is 84.0 Å². The number of hydrogen-bond acceptors (Lipinski definition) is 1. The Hall–Kier alpha value is -1.76. The summed E-state index contributed by atoms with van der Waals surface area (Å²) < 4.78 is 0. The van der Waals surface area contributed by atoms with E-state index in [0.29, 0.717) is 5.75 Å². The van der Waals surface area contributed by atoms with E-state index in [1.54, 1.807) is 0 Å². The molecule has 0 aliphatic heterocycles. The van der Waals surface area contributed by atoms with Gasteiger partial charge in [-0.15, -0.1) is 0 Å². The quantitative estimate of drug-likeness (QED) is 0.707. The van der Waals surface area contributed by atoms with Crippen molar-refractivity contribution >= 4 is 0 Å². The first-order valence-electron chi connectivity index (χ1n) is 8.48. The lowest BCUT2D eigenvalue weighted by Crippen LogP contribution is -2.25.